The summed E-state index contributed by atoms with van der Waals surface area (Å²) in [5, 5.41) is 3.95. The van der Waals surface area contributed by atoms with E-state index in [9.17, 15) is 0 Å². The molecule has 0 amide bonds. The van der Waals surface area contributed by atoms with Crippen LogP contribution in [0.15, 0.2) is 24.8 Å². The molecule has 1 aliphatic heterocycles. The first-order chi connectivity index (χ1) is 10.7. The second kappa shape index (κ2) is 6.33. The van der Waals surface area contributed by atoms with Crippen LogP contribution >= 0.6 is 0 Å². The van der Waals surface area contributed by atoms with Gasteiger partial charge >= 0.3 is 0 Å². The summed E-state index contributed by atoms with van der Waals surface area (Å²) in [6.45, 7) is 3.94. The second-order valence-electron chi connectivity index (χ2n) is 6.65. The zero-order chi connectivity index (χ0) is 15.6. The lowest BCUT2D eigenvalue weighted by molar-refractivity contribution is 0.190. The number of benzene rings is 1. The molecule has 1 aromatic rings. The molecule has 1 spiro atoms. The first-order valence-electron chi connectivity index (χ1n) is 8.35. The first kappa shape index (κ1) is 15.4. The monoisotopic (exact) mass is 301 g/mol. The number of methoxy groups -OCH3 is 2. The Hall–Kier alpha value is -1.48. The van der Waals surface area contributed by atoms with Crippen LogP contribution in [0.4, 0.5) is 0 Å². The van der Waals surface area contributed by atoms with E-state index in [0.717, 1.165) is 24.3 Å². The fraction of sp³-hybridized carbons (Fsp3) is 0.579. The maximum atomic E-state index is 5.51. The number of hydrogen-bond donors (Lipinski definition) is 1. The average Bonchev–Trinajstić information content (AvgIpc) is 2.54. The van der Waals surface area contributed by atoms with Crippen molar-refractivity contribution in [2.24, 2.45) is 0 Å². The van der Waals surface area contributed by atoms with Crippen LogP contribution in [0.5, 0.6) is 11.5 Å². The lowest BCUT2D eigenvalue weighted by Crippen LogP contribution is -2.53. The molecule has 22 heavy (non-hydrogen) atoms. The van der Waals surface area contributed by atoms with E-state index >= 15 is 0 Å². The van der Waals surface area contributed by atoms with Crippen molar-refractivity contribution < 1.29 is 9.47 Å². The third kappa shape index (κ3) is 2.74. The lowest BCUT2D eigenvalue weighted by Gasteiger charge is -2.46. The van der Waals surface area contributed by atoms with E-state index in [1.54, 1.807) is 14.2 Å². The third-order valence-corrected chi connectivity index (χ3v) is 5.24. The van der Waals surface area contributed by atoms with Gasteiger partial charge in [-0.05, 0) is 48.9 Å². The van der Waals surface area contributed by atoms with Crippen LogP contribution in [0.1, 0.15) is 55.7 Å². The van der Waals surface area contributed by atoms with Crippen molar-refractivity contribution in [3.8, 4) is 11.5 Å². The van der Waals surface area contributed by atoms with Gasteiger partial charge in [-0.3, -0.25) is 0 Å². The molecule has 0 bridgehead atoms. The van der Waals surface area contributed by atoms with Gasteiger partial charge in [0, 0.05) is 11.6 Å². The molecule has 2 aliphatic rings. The minimum absolute atomic E-state index is 0.262. The Labute approximate surface area is 133 Å². The van der Waals surface area contributed by atoms with Gasteiger partial charge in [-0.1, -0.05) is 25.3 Å². The van der Waals surface area contributed by atoms with Gasteiger partial charge in [0.1, 0.15) is 0 Å². The largest absolute Gasteiger partial charge is 0.493 e. The lowest BCUT2D eigenvalue weighted by atomic mass is 9.72. The summed E-state index contributed by atoms with van der Waals surface area (Å²) in [5.41, 5.74) is 3.01. The summed E-state index contributed by atoms with van der Waals surface area (Å²) in [6, 6.07) is 4.66. The van der Waals surface area contributed by atoms with Gasteiger partial charge < -0.3 is 14.8 Å². The number of fused-ring (bicyclic) bond motifs is 1. The maximum absolute atomic E-state index is 5.51. The summed E-state index contributed by atoms with van der Waals surface area (Å²) in [5.74, 6) is 1.66. The highest BCUT2D eigenvalue weighted by Crippen LogP contribution is 2.43. The van der Waals surface area contributed by atoms with Gasteiger partial charge in [-0.2, -0.15) is 0 Å². The predicted molar refractivity (Wildman–Crippen MR) is 89.8 cm³/mol. The van der Waals surface area contributed by atoms with Crippen LogP contribution in [-0.2, 0) is 6.42 Å². The van der Waals surface area contributed by atoms with Gasteiger partial charge in [0.2, 0.25) is 0 Å². The molecule has 0 aromatic heterocycles. The number of rotatable bonds is 4. The molecule has 0 unspecified atom stereocenters. The minimum atomic E-state index is 0.262. The minimum Gasteiger partial charge on any atom is -0.493 e. The highest BCUT2D eigenvalue weighted by molar-refractivity contribution is 5.50. The van der Waals surface area contributed by atoms with E-state index in [1.807, 2.05) is 6.08 Å². The summed E-state index contributed by atoms with van der Waals surface area (Å²) < 4.78 is 11.0. The summed E-state index contributed by atoms with van der Waals surface area (Å²) >= 11 is 0. The maximum Gasteiger partial charge on any atom is 0.161 e. The van der Waals surface area contributed by atoms with Crippen LogP contribution in [0, 0.1) is 0 Å². The molecule has 1 fully saturated rings. The van der Waals surface area contributed by atoms with Crippen LogP contribution in [0.3, 0.4) is 0 Å². The van der Waals surface area contributed by atoms with Crippen LogP contribution in [-0.4, -0.2) is 19.8 Å². The molecule has 0 saturated heterocycles. The Morgan fingerprint density at radius 1 is 1.18 bits per heavy atom. The fourth-order valence-electron chi connectivity index (χ4n) is 4.18. The van der Waals surface area contributed by atoms with E-state index in [1.165, 1.54) is 43.2 Å². The number of ether oxygens (including phenoxy) is 2. The van der Waals surface area contributed by atoms with E-state index < -0.39 is 0 Å². The van der Waals surface area contributed by atoms with E-state index in [0.29, 0.717) is 6.04 Å². The molecule has 1 aromatic carbocycles. The molecule has 0 radical (unpaired) electrons. The Balaban J connectivity index is 2.02. The Kier molecular flexibility index (Phi) is 4.44. The summed E-state index contributed by atoms with van der Waals surface area (Å²) in [4.78, 5) is 0. The Morgan fingerprint density at radius 3 is 2.50 bits per heavy atom. The van der Waals surface area contributed by atoms with E-state index in [-0.39, 0.29) is 5.54 Å². The predicted octanol–water partition coefficient (Wildman–Crippen LogP) is 4.17. The highest BCUT2D eigenvalue weighted by Gasteiger charge is 2.39. The van der Waals surface area contributed by atoms with Crippen LogP contribution < -0.4 is 14.8 Å². The molecule has 3 rings (SSSR count). The first-order valence-corrected chi connectivity index (χ1v) is 8.35. The summed E-state index contributed by atoms with van der Waals surface area (Å²) in [6.07, 6.45) is 10.6. The molecular formula is C19H27NO2. The number of nitrogens with one attached hydrogen (secondary N) is 1. The highest BCUT2D eigenvalue weighted by atomic mass is 16.5. The van der Waals surface area contributed by atoms with Gasteiger partial charge in [0.15, 0.2) is 11.5 Å². The molecule has 1 heterocycles. The van der Waals surface area contributed by atoms with Gasteiger partial charge in [-0.25, -0.2) is 0 Å². The molecule has 3 nitrogen and oxygen atoms in total. The quantitative estimate of drug-likeness (QED) is 0.847. The van der Waals surface area contributed by atoms with Crippen molar-refractivity contribution in [2.75, 3.05) is 14.2 Å². The second-order valence-corrected chi connectivity index (χ2v) is 6.65. The van der Waals surface area contributed by atoms with E-state index in [4.69, 9.17) is 9.47 Å². The van der Waals surface area contributed by atoms with Gasteiger partial charge in [0.05, 0.1) is 14.2 Å². The SMILES string of the molecule is C=CC[C@@H]1NC2(CCCCC2)Cc2cc(OC)c(OC)cc21. The molecule has 1 saturated carbocycles. The topological polar surface area (TPSA) is 30.5 Å². The van der Waals surface area contributed by atoms with Crippen LogP contribution in [0.25, 0.3) is 0 Å². The number of hydrogen-bond acceptors (Lipinski definition) is 3. The van der Waals surface area contributed by atoms with Crippen molar-refractivity contribution in [3.05, 3.63) is 35.9 Å². The summed E-state index contributed by atoms with van der Waals surface area (Å²) in [7, 11) is 3.41. The van der Waals surface area contributed by atoms with Crippen molar-refractivity contribution in [2.45, 2.75) is 56.5 Å². The zero-order valence-electron chi connectivity index (χ0n) is 13.8. The molecular weight excluding hydrogens is 274 g/mol. The molecule has 1 atom stereocenters. The van der Waals surface area contributed by atoms with Gasteiger partial charge in [-0.15, -0.1) is 6.58 Å². The van der Waals surface area contributed by atoms with Crippen molar-refractivity contribution in [1.82, 2.24) is 5.32 Å². The van der Waals surface area contributed by atoms with Gasteiger partial charge in [0.25, 0.3) is 0 Å². The van der Waals surface area contributed by atoms with Crippen LogP contribution in [0.2, 0.25) is 0 Å². The Morgan fingerprint density at radius 2 is 1.86 bits per heavy atom. The van der Waals surface area contributed by atoms with Crippen molar-refractivity contribution in [1.29, 1.82) is 0 Å². The van der Waals surface area contributed by atoms with E-state index in [2.05, 4.69) is 24.0 Å². The smallest absolute Gasteiger partial charge is 0.161 e. The normalized spacial score (nSPS) is 22.9. The fourth-order valence-corrected chi connectivity index (χ4v) is 4.18. The average molecular weight is 301 g/mol. The third-order valence-electron chi connectivity index (χ3n) is 5.24. The molecule has 1 N–H and O–H groups in total. The zero-order valence-corrected chi connectivity index (χ0v) is 13.8. The standard InChI is InChI=1S/C19H27NO2/c1-4-8-16-15-12-18(22-3)17(21-2)11-14(15)13-19(20-16)9-6-5-7-10-19/h4,11-12,16,20H,1,5-10,13H2,2-3H3/t16-/m0/s1. The molecule has 120 valence electrons. The molecule has 1 aliphatic carbocycles. The Bertz CT molecular complexity index is 547. The molecule has 3 heteroatoms. The van der Waals surface area contributed by atoms with Crippen molar-refractivity contribution >= 4 is 0 Å². The van der Waals surface area contributed by atoms with Crippen molar-refractivity contribution in [3.63, 3.8) is 0 Å².